The van der Waals surface area contributed by atoms with E-state index < -0.39 is 0 Å². The molecule has 2 fully saturated rings. The highest BCUT2D eigenvalue weighted by molar-refractivity contribution is 5.85. The maximum absolute atomic E-state index is 10.9. The van der Waals surface area contributed by atoms with Crippen molar-refractivity contribution in [2.75, 3.05) is 13.6 Å². The molecule has 2 rings (SSSR count). The normalized spacial score (nSPS) is 41.7. The zero-order valence-electron chi connectivity index (χ0n) is 5.42. The SMILES string of the molecule is CN1CC2CC1C(=O)N2. The predicted octanol–water partition coefficient (Wildman–Crippen LogP) is -0.811. The fourth-order valence-corrected chi connectivity index (χ4v) is 1.71. The summed E-state index contributed by atoms with van der Waals surface area (Å²) in [7, 11) is 2.00. The Kier molecular flexibility index (Phi) is 0.858. The second-order valence-electron chi connectivity index (χ2n) is 2.90. The monoisotopic (exact) mass is 126 g/mol. The molecule has 2 atom stereocenters. The number of nitrogens with zero attached hydrogens (tertiary/aromatic N) is 1. The van der Waals surface area contributed by atoms with Crippen LogP contribution in [-0.2, 0) is 4.79 Å². The lowest BCUT2D eigenvalue weighted by atomic mass is 10.2. The molecule has 1 amide bonds. The molecule has 0 saturated carbocycles. The minimum atomic E-state index is 0.190. The Morgan fingerprint density at radius 3 is 2.89 bits per heavy atom. The van der Waals surface area contributed by atoms with E-state index in [0.717, 1.165) is 13.0 Å². The Morgan fingerprint density at radius 2 is 2.56 bits per heavy atom. The van der Waals surface area contributed by atoms with Gasteiger partial charge in [0.05, 0.1) is 6.04 Å². The first-order valence-electron chi connectivity index (χ1n) is 3.28. The first-order valence-corrected chi connectivity index (χ1v) is 3.28. The zero-order valence-corrected chi connectivity index (χ0v) is 5.42. The van der Waals surface area contributed by atoms with E-state index >= 15 is 0 Å². The van der Waals surface area contributed by atoms with Gasteiger partial charge in [0.15, 0.2) is 0 Å². The van der Waals surface area contributed by atoms with Crippen LogP contribution in [0.25, 0.3) is 0 Å². The van der Waals surface area contributed by atoms with Gasteiger partial charge in [-0.3, -0.25) is 9.69 Å². The molecule has 0 aliphatic carbocycles. The van der Waals surface area contributed by atoms with E-state index in [-0.39, 0.29) is 11.9 Å². The highest BCUT2D eigenvalue weighted by Crippen LogP contribution is 2.21. The van der Waals surface area contributed by atoms with E-state index in [4.69, 9.17) is 0 Å². The summed E-state index contributed by atoms with van der Waals surface area (Å²) in [5.74, 6) is 0.216. The largest absolute Gasteiger partial charge is 0.351 e. The second kappa shape index (κ2) is 1.48. The fourth-order valence-electron chi connectivity index (χ4n) is 1.71. The second-order valence-corrected chi connectivity index (χ2v) is 2.90. The molecule has 0 spiro atoms. The van der Waals surface area contributed by atoms with Crippen LogP contribution in [0.5, 0.6) is 0 Å². The molecule has 2 aliphatic rings. The van der Waals surface area contributed by atoms with Gasteiger partial charge in [-0.1, -0.05) is 0 Å². The van der Waals surface area contributed by atoms with Gasteiger partial charge in [0.1, 0.15) is 0 Å². The van der Waals surface area contributed by atoms with Gasteiger partial charge in [-0.25, -0.2) is 0 Å². The number of rotatable bonds is 0. The minimum absolute atomic E-state index is 0.190. The maximum atomic E-state index is 10.9. The summed E-state index contributed by atoms with van der Waals surface area (Å²) >= 11 is 0. The first-order chi connectivity index (χ1) is 4.27. The Hall–Kier alpha value is -0.570. The van der Waals surface area contributed by atoms with Gasteiger partial charge in [-0.2, -0.15) is 0 Å². The molecular weight excluding hydrogens is 116 g/mol. The summed E-state index contributed by atoms with van der Waals surface area (Å²) in [4.78, 5) is 13.0. The molecule has 0 radical (unpaired) electrons. The Balaban J connectivity index is 2.21. The molecule has 9 heavy (non-hydrogen) atoms. The molecule has 1 N–H and O–H groups in total. The summed E-state index contributed by atoms with van der Waals surface area (Å²) in [6.07, 6.45) is 1.02. The molecule has 3 heteroatoms. The minimum Gasteiger partial charge on any atom is -0.351 e. The van der Waals surface area contributed by atoms with Crippen LogP contribution in [0.1, 0.15) is 6.42 Å². The molecule has 2 aliphatic heterocycles. The van der Waals surface area contributed by atoms with Crippen LogP contribution in [0.4, 0.5) is 0 Å². The zero-order chi connectivity index (χ0) is 6.43. The van der Waals surface area contributed by atoms with Gasteiger partial charge in [0, 0.05) is 12.6 Å². The lowest BCUT2D eigenvalue weighted by molar-refractivity contribution is -0.124. The third-order valence-electron chi connectivity index (χ3n) is 2.20. The van der Waals surface area contributed by atoms with Crippen molar-refractivity contribution in [1.82, 2.24) is 10.2 Å². The Bertz CT molecular complexity index is 157. The van der Waals surface area contributed by atoms with Gasteiger partial charge < -0.3 is 5.32 Å². The predicted molar refractivity (Wildman–Crippen MR) is 33.0 cm³/mol. The quantitative estimate of drug-likeness (QED) is 0.460. The van der Waals surface area contributed by atoms with Gasteiger partial charge in [0.2, 0.25) is 5.91 Å². The van der Waals surface area contributed by atoms with Gasteiger partial charge >= 0.3 is 0 Å². The van der Waals surface area contributed by atoms with E-state index in [1.807, 2.05) is 7.05 Å². The average molecular weight is 126 g/mol. The van der Waals surface area contributed by atoms with E-state index in [1.54, 1.807) is 0 Å². The fraction of sp³-hybridized carbons (Fsp3) is 0.833. The summed E-state index contributed by atoms with van der Waals surface area (Å²) in [6.45, 7) is 1.04. The van der Waals surface area contributed by atoms with E-state index in [1.165, 1.54) is 0 Å². The number of carbonyl (C=O) groups is 1. The number of carbonyl (C=O) groups excluding carboxylic acids is 1. The molecule has 0 aromatic rings. The number of fused-ring (bicyclic) bond motifs is 2. The smallest absolute Gasteiger partial charge is 0.237 e. The average Bonchev–Trinajstić information content (AvgIpc) is 2.22. The molecule has 2 heterocycles. The number of nitrogens with one attached hydrogen (secondary N) is 1. The van der Waals surface area contributed by atoms with Crippen molar-refractivity contribution in [2.24, 2.45) is 0 Å². The van der Waals surface area contributed by atoms with Crippen LogP contribution < -0.4 is 5.32 Å². The first kappa shape index (κ1) is 5.23. The van der Waals surface area contributed by atoms with Crippen molar-refractivity contribution < 1.29 is 4.79 Å². The third kappa shape index (κ3) is 0.580. The molecule has 50 valence electrons. The highest BCUT2D eigenvalue weighted by Gasteiger charge is 2.41. The van der Waals surface area contributed by atoms with Gasteiger partial charge in [-0.15, -0.1) is 0 Å². The number of hydrogen-bond acceptors (Lipinski definition) is 2. The highest BCUT2D eigenvalue weighted by atomic mass is 16.2. The third-order valence-corrected chi connectivity index (χ3v) is 2.20. The van der Waals surface area contributed by atoms with Crippen LogP contribution >= 0.6 is 0 Å². The van der Waals surface area contributed by atoms with Crippen molar-refractivity contribution >= 4 is 5.91 Å². The summed E-state index contributed by atoms with van der Waals surface area (Å²) in [5.41, 5.74) is 0. The number of likely N-dealkylation sites (N-methyl/N-ethyl adjacent to an activating group) is 1. The van der Waals surface area contributed by atoms with Crippen molar-refractivity contribution in [3.63, 3.8) is 0 Å². The van der Waals surface area contributed by atoms with Crippen LogP contribution in [0.3, 0.4) is 0 Å². The van der Waals surface area contributed by atoms with E-state index in [2.05, 4.69) is 10.2 Å². The number of hydrogen-bond donors (Lipinski definition) is 1. The molecular formula is C6H10N2O. The molecule has 2 bridgehead atoms. The van der Waals surface area contributed by atoms with Crippen LogP contribution in [0.15, 0.2) is 0 Å². The molecule has 2 unspecified atom stereocenters. The van der Waals surface area contributed by atoms with Crippen LogP contribution in [-0.4, -0.2) is 36.5 Å². The lowest BCUT2D eigenvalue weighted by Gasteiger charge is -2.20. The maximum Gasteiger partial charge on any atom is 0.237 e. The molecule has 3 nitrogen and oxygen atoms in total. The molecule has 2 saturated heterocycles. The van der Waals surface area contributed by atoms with E-state index in [9.17, 15) is 4.79 Å². The van der Waals surface area contributed by atoms with Crippen molar-refractivity contribution in [3.05, 3.63) is 0 Å². The molecule has 0 aromatic carbocycles. The van der Waals surface area contributed by atoms with Crippen molar-refractivity contribution in [1.29, 1.82) is 0 Å². The number of amides is 1. The summed E-state index contributed by atoms with van der Waals surface area (Å²) < 4.78 is 0. The summed E-state index contributed by atoms with van der Waals surface area (Å²) in [5, 5.41) is 2.90. The van der Waals surface area contributed by atoms with Crippen LogP contribution in [0, 0.1) is 0 Å². The standard InChI is InChI=1S/C6H10N2O/c1-8-3-4-2-5(8)6(9)7-4/h4-5H,2-3H2,1H3,(H,7,9). The molecule has 0 aromatic heterocycles. The Labute approximate surface area is 54.0 Å². The van der Waals surface area contributed by atoms with Crippen molar-refractivity contribution in [2.45, 2.75) is 18.5 Å². The van der Waals surface area contributed by atoms with Gasteiger partial charge in [0.25, 0.3) is 0 Å². The van der Waals surface area contributed by atoms with E-state index in [0.29, 0.717) is 6.04 Å². The lowest BCUT2D eigenvalue weighted by Crippen LogP contribution is -2.45. The summed E-state index contributed by atoms with van der Waals surface area (Å²) in [6, 6.07) is 0.641. The number of likely N-dealkylation sites (tertiary alicyclic amines) is 1. The number of piperazine rings is 1. The van der Waals surface area contributed by atoms with Gasteiger partial charge in [-0.05, 0) is 13.5 Å². The Morgan fingerprint density at radius 1 is 1.78 bits per heavy atom. The topological polar surface area (TPSA) is 32.3 Å². The van der Waals surface area contributed by atoms with Crippen LogP contribution in [0.2, 0.25) is 0 Å². The van der Waals surface area contributed by atoms with Crippen molar-refractivity contribution in [3.8, 4) is 0 Å².